The van der Waals surface area contributed by atoms with Crippen LogP contribution in [-0.2, 0) is 7.05 Å². The Morgan fingerprint density at radius 1 is 0.962 bits per heavy atom. The number of benzene rings is 2. The number of nitrogens with zero attached hydrogens (tertiary/aromatic N) is 2. The van der Waals surface area contributed by atoms with Gasteiger partial charge in [-0.05, 0) is 23.6 Å². The van der Waals surface area contributed by atoms with Gasteiger partial charge in [-0.2, -0.15) is 5.26 Å². The van der Waals surface area contributed by atoms with E-state index < -0.39 is 5.97 Å². The molecular weight excluding hydrogens is 324 g/mol. The van der Waals surface area contributed by atoms with Crippen LogP contribution in [0.4, 0.5) is 0 Å². The fraction of sp³-hybridized carbons (Fsp3) is 0.182. The minimum Gasteiger partial charge on any atom is -0.477 e. The summed E-state index contributed by atoms with van der Waals surface area (Å²) in [7, 11) is 1.67. The maximum atomic E-state index is 11.7. The molecule has 4 heteroatoms. The van der Waals surface area contributed by atoms with Gasteiger partial charge in [0, 0.05) is 18.3 Å². The molecule has 0 fully saturated rings. The second-order valence-corrected chi connectivity index (χ2v) is 5.60. The maximum Gasteiger partial charge on any atom is 0.353 e. The highest BCUT2D eigenvalue weighted by Crippen LogP contribution is 2.33. The van der Waals surface area contributed by atoms with Crippen molar-refractivity contribution >= 4 is 5.97 Å². The molecule has 26 heavy (non-hydrogen) atoms. The monoisotopic (exact) mass is 346 g/mol. The third-order valence-electron chi connectivity index (χ3n) is 4.28. The van der Waals surface area contributed by atoms with Gasteiger partial charge in [0.1, 0.15) is 11.8 Å². The molecule has 0 aliphatic carbocycles. The van der Waals surface area contributed by atoms with Crippen LogP contribution in [0.25, 0.3) is 22.3 Å². The first-order chi connectivity index (χ1) is 12.5. The molecule has 0 unspecified atom stereocenters. The summed E-state index contributed by atoms with van der Waals surface area (Å²) in [5, 5.41) is 19.0. The fourth-order valence-electron chi connectivity index (χ4n) is 2.93. The molecule has 0 saturated carbocycles. The SMILES string of the molecule is CC.Cc1c(C#N)c(-c2ccc(-c3ccccc3)cc2)c(C(=O)O)n1C. The highest BCUT2D eigenvalue weighted by Gasteiger charge is 2.24. The van der Waals surface area contributed by atoms with Crippen molar-refractivity contribution in [2.45, 2.75) is 20.8 Å². The average Bonchev–Trinajstić information content (AvgIpc) is 2.95. The zero-order valence-electron chi connectivity index (χ0n) is 15.4. The molecule has 0 radical (unpaired) electrons. The van der Waals surface area contributed by atoms with Crippen molar-refractivity contribution in [2.24, 2.45) is 7.05 Å². The molecule has 3 rings (SSSR count). The molecule has 0 aliphatic rings. The van der Waals surface area contributed by atoms with Gasteiger partial charge in [0.15, 0.2) is 0 Å². The van der Waals surface area contributed by atoms with Crippen LogP contribution in [0.5, 0.6) is 0 Å². The Morgan fingerprint density at radius 3 is 1.96 bits per heavy atom. The molecule has 1 N–H and O–H groups in total. The lowest BCUT2D eigenvalue weighted by atomic mass is 9.97. The fourth-order valence-corrected chi connectivity index (χ4v) is 2.93. The topological polar surface area (TPSA) is 66.0 Å². The number of nitriles is 1. The van der Waals surface area contributed by atoms with E-state index in [0.29, 0.717) is 16.8 Å². The maximum absolute atomic E-state index is 11.7. The molecule has 0 atom stereocenters. The predicted octanol–water partition coefficient (Wildman–Crippen LogP) is 5.26. The largest absolute Gasteiger partial charge is 0.477 e. The average molecular weight is 346 g/mol. The molecule has 1 heterocycles. The van der Waals surface area contributed by atoms with Crippen LogP contribution in [0, 0.1) is 18.3 Å². The summed E-state index contributed by atoms with van der Waals surface area (Å²) in [6.07, 6.45) is 0. The minimum absolute atomic E-state index is 0.136. The van der Waals surface area contributed by atoms with Gasteiger partial charge in [0.2, 0.25) is 0 Å². The first kappa shape index (κ1) is 19.0. The number of hydrogen-bond donors (Lipinski definition) is 1. The van der Waals surface area contributed by atoms with Crippen molar-refractivity contribution < 1.29 is 9.90 Å². The number of aromatic nitrogens is 1. The minimum atomic E-state index is -1.04. The standard InChI is InChI=1S/C20H16N2O2.C2H6/c1-13-17(12-21)18(19(20(23)24)22(13)2)16-10-8-15(9-11-16)14-6-4-3-5-7-14;1-2/h3-11H,1-2H3,(H,23,24);1-2H3. The molecular formula is C22H22N2O2. The summed E-state index contributed by atoms with van der Waals surface area (Å²) in [4.78, 5) is 11.7. The van der Waals surface area contributed by atoms with Crippen molar-refractivity contribution in [2.75, 3.05) is 0 Å². The molecule has 0 saturated heterocycles. The third-order valence-corrected chi connectivity index (χ3v) is 4.28. The van der Waals surface area contributed by atoms with E-state index >= 15 is 0 Å². The van der Waals surface area contributed by atoms with Crippen LogP contribution in [0.2, 0.25) is 0 Å². The molecule has 0 amide bonds. The Labute approximate surface area is 154 Å². The Morgan fingerprint density at radius 2 is 1.46 bits per heavy atom. The van der Waals surface area contributed by atoms with Crippen LogP contribution >= 0.6 is 0 Å². The molecule has 0 bridgehead atoms. The first-order valence-corrected chi connectivity index (χ1v) is 8.53. The van der Waals surface area contributed by atoms with Crippen LogP contribution < -0.4 is 0 Å². The van der Waals surface area contributed by atoms with Crippen LogP contribution in [0.15, 0.2) is 54.6 Å². The summed E-state index contributed by atoms with van der Waals surface area (Å²) in [6.45, 7) is 5.76. The van der Waals surface area contributed by atoms with Crippen molar-refractivity contribution in [3.05, 3.63) is 71.5 Å². The Kier molecular flexibility index (Phi) is 5.98. The first-order valence-electron chi connectivity index (χ1n) is 8.53. The van der Waals surface area contributed by atoms with Crippen LogP contribution in [-0.4, -0.2) is 15.6 Å². The lowest BCUT2D eigenvalue weighted by Gasteiger charge is -2.06. The summed E-state index contributed by atoms with van der Waals surface area (Å²) in [6, 6.07) is 19.7. The second-order valence-electron chi connectivity index (χ2n) is 5.60. The summed E-state index contributed by atoms with van der Waals surface area (Å²) >= 11 is 0. The number of rotatable bonds is 3. The van der Waals surface area contributed by atoms with Gasteiger partial charge < -0.3 is 9.67 Å². The lowest BCUT2D eigenvalue weighted by molar-refractivity contribution is 0.0687. The van der Waals surface area contributed by atoms with E-state index in [0.717, 1.165) is 16.7 Å². The van der Waals surface area contributed by atoms with Crippen LogP contribution in [0.3, 0.4) is 0 Å². The van der Waals surface area contributed by atoms with Crippen LogP contribution in [0.1, 0.15) is 35.6 Å². The number of carboxylic acids is 1. The number of carboxylic acid groups (broad SMARTS) is 1. The van der Waals surface area contributed by atoms with E-state index in [-0.39, 0.29) is 5.69 Å². The number of hydrogen-bond acceptors (Lipinski definition) is 2. The third kappa shape index (κ3) is 3.38. The molecule has 2 aromatic carbocycles. The highest BCUT2D eigenvalue weighted by atomic mass is 16.4. The number of carbonyl (C=O) groups is 1. The molecule has 1 aromatic heterocycles. The summed E-state index contributed by atoms with van der Waals surface area (Å²) in [5.74, 6) is -1.04. The smallest absolute Gasteiger partial charge is 0.353 e. The van der Waals surface area contributed by atoms with Gasteiger partial charge in [-0.15, -0.1) is 0 Å². The Bertz CT molecular complexity index is 947. The van der Waals surface area contributed by atoms with Gasteiger partial charge in [-0.3, -0.25) is 0 Å². The Hall–Kier alpha value is -3.32. The summed E-state index contributed by atoms with van der Waals surface area (Å²) in [5.41, 5.74) is 4.53. The highest BCUT2D eigenvalue weighted by molar-refractivity contribution is 5.97. The van der Waals surface area contributed by atoms with E-state index in [1.54, 1.807) is 18.5 Å². The molecule has 4 nitrogen and oxygen atoms in total. The molecule has 132 valence electrons. The molecule has 0 aliphatic heterocycles. The molecule has 0 spiro atoms. The van der Waals surface area contributed by atoms with Gasteiger partial charge in [0.05, 0.1) is 5.56 Å². The van der Waals surface area contributed by atoms with Crippen molar-refractivity contribution in [1.29, 1.82) is 5.26 Å². The van der Waals surface area contributed by atoms with Gasteiger partial charge in [0.25, 0.3) is 0 Å². The molecule has 3 aromatic rings. The van der Waals surface area contributed by atoms with E-state index in [1.807, 2.05) is 68.4 Å². The quantitative estimate of drug-likeness (QED) is 0.703. The van der Waals surface area contributed by atoms with Gasteiger partial charge in [-0.1, -0.05) is 68.4 Å². The Balaban J connectivity index is 0.00000117. The normalized spacial score (nSPS) is 9.81. The second kappa shape index (κ2) is 8.17. The van der Waals surface area contributed by atoms with Crippen molar-refractivity contribution in [3.8, 4) is 28.3 Å². The van der Waals surface area contributed by atoms with Gasteiger partial charge >= 0.3 is 5.97 Å². The van der Waals surface area contributed by atoms with Gasteiger partial charge in [-0.25, -0.2) is 4.79 Å². The van der Waals surface area contributed by atoms with E-state index in [1.165, 1.54) is 0 Å². The number of aromatic carboxylic acids is 1. The zero-order chi connectivity index (χ0) is 19.3. The predicted molar refractivity (Wildman–Crippen MR) is 104 cm³/mol. The van der Waals surface area contributed by atoms with E-state index in [4.69, 9.17) is 0 Å². The summed E-state index contributed by atoms with van der Waals surface area (Å²) < 4.78 is 1.56. The van der Waals surface area contributed by atoms with Crippen molar-refractivity contribution in [3.63, 3.8) is 0 Å². The van der Waals surface area contributed by atoms with E-state index in [9.17, 15) is 15.2 Å². The van der Waals surface area contributed by atoms with Crippen molar-refractivity contribution in [1.82, 2.24) is 4.57 Å². The van der Waals surface area contributed by atoms with E-state index in [2.05, 4.69) is 6.07 Å². The lowest BCUT2D eigenvalue weighted by Crippen LogP contribution is -2.06. The zero-order valence-corrected chi connectivity index (χ0v) is 15.4.